The van der Waals surface area contributed by atoms with E-state index in [2.05, 4.69) is 67.8 Å². The Labute approximate surface area is 449 Å². The van der Waals surface area contributed by atoms with Gasteiger partial charge in [-0.1, -0.05) is 294 Å². The van der Waals surface area contributed by atoms with Crippen LogP contribution < -0.4 is 5.32 Å². The first-order chi connectivity index (χ1) is 35.5. The predicted molar refractivity (Wildman–Crippen MR) is 316 cm³/mol. The van der Waals surface area contributed by atoms with Gasteiger partial charge in [0.05, 0.1) is 18.8 Å². The predicted octanol–water partition coefficient (Wildman–Crippen LogP) is 19.3. The van der Waals surface area contributed by atoms with E-state index >= 15 is 0 Å². The SMILES string of the molecule is CCCCCCCCCCCCCC/C=C\CCCCCCCCCCCCC(O)C(=O)NC(CO)C(O)C(O)CCC/C=C/CC/C=C/CC/C=C/CCCCCCCCCCCCCCCCCCC. The lowest BCUT2D eigenvalue weighted by atomic mass is 10.00. The van der Waals surface area contributed by atoms with Crippen molar-refractivity contribution in [2.75, 3.05) is 6.61 Å². The van der Waals surface area contributed by atoms with Gasteiger partial charge in [0, 0.05) is 0 Å². The molecule has 0 fully saturated rings. The van der Waals surface area contributed by atoms with Crippen molar-refractivity contribution in [1.82, 2.24) is 5.32 Å². The molecule has 6 heteroatoms. The van der Waals surface area contributed by atoms with Gasteiger partial charge in [-0.25, -0.2) is 0 Å². The topological polar surface area (TPSA) is 110 Å². The summed E-state index contributed by atoms with van der Waals surface area (Å²) in [7, 11) is 0. The van der Waals surface area contributed by atoms with Crippen LogP contribution in [0.2, 0.25) is 0 Å². The molecule has 72 heavy (non-hydrogen) atoms. The Kier molecular flexibility index (Phi) is 58.7. The fourth-order valence-corrected chi connectivity index (χ4v) is 9.96. The first kappa shape index (κ1) is 70.3. The number of carbonyl (C=O) groups excluding carboxylic acids is 1. The first-order valence-corrected chi connectivity index (χ1v) is 32.0. The van der Waals surface area contributed by atoms with Crippen LogP contribution in [0.1, 0.15) is 335 Å². The zero-order valence-corrected chi connectivity index (χ0v) is 48.2. The van der Waals surface area contributed by atoms with Gasteiger partial charge in [-0.15, -0.1) is 0 Å². The monoisotopic (exact) mass is 1010 g/mol. The van der Waals surface area contributed by atoms with E-state index in [-0.39, 0.29) is 0 Å². The van der Waals surface area contributed by atoms with Crippen molar-refractivity contribution in [3.05, 3.63) is 48.6 Å². The third kappa shape index (κ3) is 53.1. The summed E-state index contributed by atoms with van der Waals surface area (Å²) < 4.78 is 0. The van der Waals surface area contributed by atoms with Crippen LogP contribution in [0.3, 0.4) is 0 Å². The van der Waals surface area contributed by atoms with Gasteiger partial charge in [0.2, 0.25) is 5.91 Å². The molecule has 0 aliphatic carbocycles. The molecule has 0 aliphatic rings. The second-order valence-corrected chi connectivity index (χ2v) is 22.1. The van der Waals surface area contributed by atoms with Crippen LogP contribution in [0.15, 0.2) is 48.6 Å². The molecule has 0 aromatic heterocycles. The van der Waals surface area contributed by atoms with Crippen LogP contribution in [-0.4, -0.2) is 57.3 Å². The van der Waals surface area contributed by atoms with E-state index in [0.29, 0.717) is 19.3 Å². The van der Waals surface area contributed by atoms with Crippen LogP contribution in [0.25, 0.3) is 0 Å². The summed E-state index contributed by atoms with van der Waals surface area (Å²) in [5.74, 6) is -0.597. The van der Waals surface area contributed by atoms with Crippen LogP contribution in [0.4, 0.5) is 0 Å². The van der Waals surface area contributed by atoms with Crippen molar-refractivity contribution < 1.29 is 25.2 Å². The van der Waals surface area contributed by atoms with E-state index in [9.17, 15) is 25.2 Å². The summed E-state index contributed by atoms with van der Waals surface area (Å²) >= 11 is 0. The molecule has 6 nitrogen and oxygen atoms in total. The van der Waals surface area contributed by atoms with Crippen LogP contribution in [0, 0.1) is 0 Å². The van der Waals surface area contributed by atoms with Crippen LogP contribution in [0.5, 0.6) is 0 Å². The number of allylic oxidation sites excluding steroid dienone is 8. The number of aliphatic hydroxyl groups excluding tert-OH is 4. The Hall–Kier alpha value is -1.73. The normalized spacial score (nSPS) is 13.9. The number of carbonyl (C=O) groups is 1. The minimum atomic E-state index is -1.30. The van der Waals surface area contributed by atoms with Crippen molar-refractivity contribution in [2.45, 2.75) is 359 Å². The van der Waals surface area contributed by atoms with E-state index in [4.69, 9.17) is 0 Å². The highest BCUT2D eigenvalue weighted by Gasteiger charge is 2.28. The smallest absolute Gasteiger partial charge is 0.249 e. The van der Waals surface area contributed by atoms with E-state index in [1.807, 2.05) is 0 Å². The van der Waals surface area contributed by atoms with Crippen molar-refractivity contribution >= 4 is 5.91 Å². The molecule has 5 N–H and O–H groups in total. The number of unbranched alkanes of at least 4 members (excludes halogenated alkanes) is 42. The molecule has 0 rings (SSSR count). The highest BCUT2D eigenvalue weighted by atomic mass is 16.3. The minimum Gasteiger partial charge on any atom is -0.394 e. The Morgan fingerprint density at radius 2 is 0.583 bits per heavy atom. The highest BCUT2D eigenvalue weighted by Crippen LogP contribution is 2.18. The molecule has 1 amide bonds. The van der Waals surface area contributed by atoms with E-state index in [1.165, 1.54) is 250 Å². The lowest BCUT2D eigenvalue weighted by Crippen LogP contribution is -2.53. The molecule has 0 aromatic carbocycles. The van der Waals surface area contributed by atoms with Crippen molar-refractivity contribution in [3.63, 3.8) is 0 Å². The second kappa shape index (κ2) is 60.1. The largest absolute Gasteiger partial charge is 0.394 e. The van der Waals surface area contributed by atoms with Crippen LogP contribution >= 0.6 is 0 Å². The summed E-state index contributed by atoms with van der Waals surface area (Å²) in [6.07, 6.45) is 77.8. The number of nitrogens with one attached hydrogen (secondary N) is 1. The van der Waals surface area contributed by atoms with Crippen molar-refractivity contribution in [2.24, 2.45) is 0 Å². The molecule has 0 radical (unpaired) electrons. The average Bonchev–Trinajstić information content (AvgIpc) is 3.39. The number of aliphatic hydroxyl groups is 4. The molecule has 0 heterocycles. The molecule has 4 unspecified atom stereocenters. The summed E-state index contributed by atoms with van der Waals surface area (Å²) in [6, 6.07) is -1.01. The fourth-order valence-electron chi connectivity index (χ4n) is 9.96. The number of hydrogen-bond donors (Lipinski definition) is 5. The van der Waals surface area contributed by atoms with Gasteiger partial charge in [0.15, 0.2) is 0 Å². The zero-order valence-electron chi connectivity index (χ0n) is 48.2. The Balaban J connectivity index is 3.67. The molecule has 0 bridgehead atoms. The summed E-state index contributed by atoms with van der Waals surface area (Å²) in [5, 5.41) is 44.1. The lowest BCUT2D eigenvalue weighted by Gasteiger charge is -2.27. The summed E-state index contributed by atoms with van der Waals surface area (Å²) in [6.45, 7) is 4.08. The highest BCUT2D eigenvalue weighted by molar-refractivity contribution is 5.80. The maximum atomic E-state index is 12.6. The van der Waals surface area contributed by atoms with Gasteiger partial charge >= 0.3 is 0 Å². The molecule has 0 aromatic rings. The Bertz CT molecular complexity index is 1180. The maximum Gasteiger partial charge on any atom is 0.249 e. The average molecular weight is 1010 g/mol. The summed E-state index contributed by atoms with van der Waals surface area (Å²) in [5.41, 5.74) is 0. The quantitative estimate of drug-likeness (QED) is 0.0308. The van der Waals surface area contributed by atoms with Crippen molar-refractivity contribution in [3.8, 4) is 0 Å². The molecular weight excluding hydrogens is 887 g/mol. The molecule has 0 spiro atoms. The van der Waals surface area contributed by atoms with Gasteiger partial charge in [-0.2, -0.15) is 0 Å². The molecule has 0 saturated heterocycles. The maximum absolute atomic E-state index is 12.6. The van der Waals surface area contributed by atoms with Gasteiger partial charge < -0.3 is 25.7 Å². The lowest BCUT2D eigenvalue weighted by molar-refractivity contribution is -0.132. The minimum absolute atomic E-state index is 0.357. The van der Waals surface area contributed by atoms with Gasteiger partial charge in [0.1, 0.15) is 12.2 Å². The fraction of sp³-hybridized carbons (Fsp3) is 0.864. The second-order valence-electron chi connectivity index (χ2n) is 22.1. The molecule has 424 valence electrons. The van der Waals surface area contributed by atoms with Gasteiger partial charge in [-0.3, -0.25) is 4.79 Å². The van der Waals surface area contributed by atoms with E-state index < -0.39 is 36.9 Å². The number of hydrogen-bond acceptors (Lipinski definition) is 5. The van der Waals surface area contributed by atoms with E-state index in [0.717, 1.165) is 51.4 Å². The standard InChI is InChI=1S/C66H125NO5/c1-3-5-7-9-11-13-15-17-19-21-23-25-27-29-31-32-33-34-36-37-39-41-43-45-47-49-51-53-55-57-59-63(69)65(71)62(61-68)67-66(72)64(70)60-58-56-54-52-50-48-46-44-42-40-38-35-30-28-26-24-22-20-18-16-14-12-10-8-6-4-2/h30,35-37,43,45,51,53,62-65,68-71H,3-29,31-34,38-42,44,46-50,52,54-61H2,1-2H3,(H,67,72)/b35-30-,37-36+,45-43+,53-51+. The van der Waals surface area contributed by atoms with Crippen molar-refractivity contribution in [1.29, 1.82) is 0 Å². The van der Waals surface area contributed by atoms with Gasteiger partial charge in [0.25, 0.3) is 0 Å². The zero-order chi connectivity index (χ0) is 52.3. The third-order valence-corrected chi connectivity index (χ3v) is 15.0. The Morgan fingerprint density at radius 3 is 0.875 bits per heavy atom. The van der Waals surface area contributed by atoms with Gasteiger partial charge in [-0.05, 0) is 89.9 Å². The molecule has 4 atom stereocenters. The number of rotatable bonds is 59. The number of amides is 1. The third-order valence-electron chi connectivity index (χ3n) is 15.0. The van der Waals surface area contributed by atoms with Crippen LogP contribution in [-0.2, 0) is 4.79 Å². The van der Waals surface area contributed by atoms with E-state index in [1.54, 1.807) is 0 Å². The first-order valence-electron chi connectivity index (χ1n) is 32.0. The molecule has 0 aliphatic heterocycles. The molecular formula is C66H125NO5. The summed E-state index contributed by atoms with van der Waals surface area (Å²) in [4.78, 5) is 12.6. The molecule has 0 saturated carbocycles. The Morgan fingerprint density at radius 1 is 0.333 bits per heavy atom.